The molecular formula is C12H22N2. The van der Waals surface area contributed by atoms with Crippen LogP contribution in [0.2, 0.25) is 0 Å². The third-order valence-corrected chi connectivity index (χ3v) is 1.89. The van der Waals surface area contributed by atoms with Crippen LogP contribution >= 0.6 is 0 Å². The van der Waals surface area contributed by atoms with Gasteiger partial charge in [0.25, 0.3) is 0 Å². The fourth-order valence-electron chi connectivity index (χ4n) is 0.966. The number of rotatable bonds is 5. The van der Waals surface area contributed by atoms with Gasteiger partial charge in [-0.3, -0.25) is 0 Å². The highest BCUT2D eigenvalue weighted by molar-refractivity contribution is 5.64. The Morgan fingerprint density at radius 3 is 2.29 bits per heavy atom. The lowest BCUT2D eigenvalue weighted by Gasteiger charge is -2.11. The van der Waals surface area contributed by atoms with Gasteiger partial charge < -0.3 is 5.01 Å². The summed E-state index contributed by atoms with van der Waals surface area (Å²) >= 11 is 0. The summed E-state index contributed by atoms with van der Waals surface area (Å²) in [5.41, 5.74) is 2.50. The number of hydrazone groups is 1. The van der Waals surface area contributed by atoms with E-state index in [1.807, 2.05) is 27.2 Å². The van der Waals surface area contributed by atoms with Gasteiger partial charge >= 0.3 is 0 Å². The van der Waals surface area contributed by atoms with Crippen molar-refractivity contribution in [1.29, 1.82) is 0 Å². The predicted octanol–water partition coefficient (Wildman–Crippen LogP) is 3.08. The molecule has 0 aromatic rings. The minimum atomic E-state index is 0.354. The van der Waals surface area contributed by atoms with Crippen LogP contribution in [-0.4, -0.2) is 25.3 Å². The Kier molecular flexibility index (Phi) is 5.93. The van der Waals surface area contributed by atoms with E-state index < -0.39 is 0 Å². The zero-order valence-electron chi connectivity index (χ0n) is 10.0. The lowest BCUT2D eigenvalue weighted by Crippen LogP contribution is -2.08. The van der Waals surface area contributed by atoms with Crippen molar-refractivity contribution in [3.63, 3.8) is 0 Å². The molecule has 2 heteroatoms. The van der Waals surface area contributed by atoms with E-state index in [4.69, 9.17) is 0 Å². The summed E-state index contributed by atoms with van der Waals surface area (Å²) in [5, 5.41) is 6.05. The highest BCUT2D eigenvalue weighted by Gasteiger charge is 2.04. The van der Waals surface area contributed by atoms with E-state index in [1.165, 1.54) is 5.57 Å². The minimum absolute atomic E-state index is 0.354. The standard InChI is InChI=1S/C12H22N2/c1-10(2)7-8-12(11(3)4)9-13-14(5)6/h7,9,12H,3,8H2,1-2,4-6H3. The number of hydrogen-bond donors (Lipinski definition) is 0. The average molecular weight is 194 g/mol. The molecule has 0 heterocycles. The lowest BCUT2D eigenvalue weighted by atomic mass is 9.98. The van der Waals surface area contributed by atoms with Gasteiger partial charge in [0.15, 0.2) is 0 Å². The Morgan fingerprint density at radius 2 is 1.93 bits per heavy atom. The Hall–Kier alpha value is -1.05. The SMILES string of the molecule is C=C(C)C(C=NN(C)C)CC=C(C)C. The first kappa shape index (κ1) is 12.9. The van der Waals surface area contributed by atoms with E-state index in [-0.39, 0.29) is 0 Å². The van der Waals surface area contributed by atoms with Gasteiger partial charge in [0.05, 0.1) is 0 Å². The maximum absolute atomic E-state index is 4.24. The van der Waals surface area contributed by atoms with Gasteiger partial charge in [-0.25, -0.2) is 0 Å². The van der Waals surface area contributed by atoms with E-state index in [9.17, 15) is 0 Å². The molecule has 80 valence electrons. The van der Waals surface area contributed by atoms with Crippen molar-refractivity contribution < 1.29 is 0 Å². The van der Waals surface area contributed by atoms with Gasteiger partial charge in [-0.15, -0.1) is 0 Å². The Bertz CT molecular complexity index is 233. The van der Waals surface area contributed by atoms with Crippen LogP contribution in [0.5, 0.6) is 0 Å². The van der Waals surface area contributed by atoms with Crippen molar-refractivity contribution in [2.75, 3.05) is 14.1 Å². The second kappa shape index (κ2) is 6.41. The second-order valence-corrected chi connectivity index (χ2v) is 4.08. The Labute approximate surface area is 88.0 Å². The summed E-state index contributed by atoms with van der Waals surface area (Å²) in [6.45, 7) is 10.2. The van der Waals surface area contributed by atoms with E-state index in [2.05, 4.69) is 31.6 Å². The predicted molar refractivity (Wildman–Crippen MR) is 64.5 cm³/mol. The smallest absolute Gasteiger partial charge is 0.0319 e. The molecule has 0 aliphatic carbocycles. The first-order valence-electron chi connectivity index (χ1n) is 4.93. The van der Waals surface area contributed by atoms with Crippen LogP contribution in [0.4, 0.5) is 0 Å². The third kappa shape index (κ3) is 6.46. The van der Waals surface area contributed by atoms with Crippen molar-refractivity contribution in [2.24, 2.45) is 11.0 Å². The van der Waals surface area contributed by atoms with Crippen LogP contribution in [0.1, 0.15) is 27.2 Å². The van der Waals surface area contributed by atoms with Gasteiger partial charge in [-0.2, -0.15) is 5.10 Å². The van der Waals surface area contributed by atoms with Gasteiger partial charge in [-0.1, -0.05) is 23.8 Å². The molecule has 0 fully saturated rings. The van der Waals surface area contributed by atoms with Crippen molar-refractivity contribution in [3.8, 4) is 0 Å². The molecule has 0 aliphatic rings. The van der Waals surface area contributed by atoms with Crippen molar-refractivity contribution in [3.05, 3.63) is 23.8 Å². The molecule has 1 unspecified atom stereocenters. The average Bonchev–Trinajstić information content (AvgIpc) is 2.02. The van der Waals surface area contributed by atoms with Gasteiger partial charge in [0.1, 0.15) is 0 Å². The molecular weight excluding hydrogens is 172 g/mol. The van der Waals surface area contributed by atoms with Crippen LogP contribution in [0.15, 0.2) is 28.9 Å². The first-order chi connectivity index (χ1) is 6.43. The van der Waals surface area contributed by atoms with Crippen LogP contribution in [-0.2, 0) is 0 Å². The number of allylic oxidation sites excluding steroid dienone is 3. The molecule has 0 aromatic carbocycles. The monoisotopic (exact) mass is 194 g/mol. The highest BCUT2D eigenvalue weighted by atomic mass is 15.4. The highest BCUT2D eigenvalue weighted by Crippen LogP contribution is 2.12. The maximum Gasteiger partial charge on any atom is 0.0319 e. The Balaban J connectivity index is 4.31. The molecule has 0 N–H and O–H groups in total. The molecule has 14 heavy (non-hydrogen) atoms. The van der Waals surface area contributed by atoms with Crippen molar-refractivity contribution in [2.45, 2.75) is 27.2 Å². The zero-order valence-corrected chi connectivity index (χ0v) is 10.0. The number of hydrogen-bond acceptors (Lipinski definition) is 2. The summed E-state index contributed by atoms with van der Waals surface area (Å²) in [7, 11) is 3.85. The summed E-state index contributed by atoms with van der Waals surface area (Å²) in [6, 6.07) is 0. The van der Waals surface area contributed by atoms with Gasteiger partial charge in [0, 0.05) is 26.2 Å². The van der Waals surface area contributed by atoms with Gasteiger partial charge in [0.2, 0.25) is 0 Å². The molecule has 0 radical (unpaired) electrons. The molecule has 0 amide bonds. The normalized spacial score (nSPS) is 12.6. The van der Waals surface area contributed by atoms with E-state index in [1.54, 1.807) is 5.01 Å². The van der Waals surface area contributed by atoms with E-state index >= 15 is 0 Å². The summed E-state index contributed by atoms with van der Waals surface area (Å²) in [6.07, 6.45) is 5.18. The third-order valence-electron chi connectivity index (χ3n) is 1.89. The molecule has 0 bridgehead atoms. The van der Waals surface area contributed by atoms with Gasteiger partial charge in [-0.05, 0) is 27.2 Å². The topological polar surface area (TPSA) is 15.6 Å². The molecule has 0 spiro atoms. The van der Waals surface area contributed by atoms with Crippen LogP contribution < -0.4 is 0 Å². The van der Waals surface area contributed by atoms with Crippen LogP contribution in [0, 0.1) is 5.92 Å². The van der Waals surface area contributed by atoms with Crippen LogP contribution in [0.3, 0.4) is 0 Å². The molecule has 0 aromatic heterocycles. The fraction of sp³-hybridized carbons (Fsp3) is 0.583. The molecule has 0 aliphatic heterocycles. The number of nitrogens with zero attached hydrogens (tertiary/aromatic N) is 2. The first-order valence-corrected chi connectivity index (χ1v) is 4.93. The zero-order chi connectivity index (χ0) is 11.1. The summed E-state index contributed by atoms with van der Waals surface area (Å²) in [5.74, 6) is 0.354. The Morgan fingerprint density at radius 1 is 1.36 bits per heavy atom. The molecule has 0 saturated carbocycles. The lowest BCUT2D eigenvalue weighted by molar-refractivity contribution is 0.437. The minimum Gasteiger partial charge on any atom is -0.303 e. The van der Waals surface area contributed by atoms with Crippen molar-refractivity contribution in [1.82, 2.24) is 5.01 Å². The van der Waals surface area contributed by atoms with E-state index in [0.717, 1.165) is 12.0 Å². The maximum atomic E-state index is 4.24. The summed E-state index contributed by atoms with van der Waals surface area (Å²) < 4.78 is 0. The molecule has 0 saturated heterocycles. The quantitative estimate of drug-likeness (QED) is 0.373. The molecule has 0 rings (SSSR count). The van der Waals surface area contributed by atoms with E-state index in [0.29, 0.717) is 5.92 Å². The largest absolute Gasteiger partial charge is 0.303 e. The fourth-order valence-corrected chi connectivity index (χ4v) is 0.966. The molecule has 1 atom stereocenters. The van der Waals surface area contributed by atoms with Crippen LogP contribution in [0.25, 0.3) is 0 Å². The summed E-state index contributed by atoms with van der Waals surface area (Å²) in [4.78, 5) is 0. The molecule has 2 nitrogen and oxygen atoms in total. The van der Waals surface area contributed by atoms with Crippen molar-refractivity contribution >= 4 is 6.21 Å². The second-order valence-electron chi connectivity index (χ2n) is 4.08.